The molecular weight excluding hydrogens is 516 g/mol. The summed E-state index contributed by atoms with van der Waals surface area (Å²) in [5, 5.41) is 14.7. The maximum absolute atomic E-state index is 13.0. The molecule has 0 radical (unpaired) electrons. The fourth-order valence-electron chi connectivity index (χ4n) is 4.51. The number of carbonyl (C=O) groups is 3. The van der Waals surface area contributed by atoms with Crippen molar-refractivity contribution in [3.63, 3.8) is 0 Å². The molecule has 41 heavy (non-hydrogen) atoms. The Morgan fingerprint density at radius 3 is 2.10 bits per heavy atom. The Morgan fingerprint density at radius 1 is 0.780 bits per heavy atom. The largest absolute Gasteiger partial charge is 0.493 e. The quantitative estimate of drug-likeness (QED) is 0.197. The first kappa shape index (κ1) is 29.1. The normalized spacial score (nSPS) is 11.3. The van der Waals surface area contributed by atoms with Crippen LogP contribution < -0.4 is 15.4 Å². The molecule has 0 unspecified atom stereocenters. The van der Waals surface area contributed by atoms with Crippen LogP contribution >= 0.6 is 0 Å². The first-order valence-electron chi connectivity index (χ1n) is 13.7. The van der Waals surface area contributed by atoms with Crippen molar-refractivity contribution in [3.05, 3.63) is 114 Å². The third-order valence-electron chi connectivity index (χ3n) is 6.69. The lowest BCUT2D eigenvalue weighted by Crippen LogP contribution is -2.47. The van der Waals surface area contributed by atoms with Crippen LogP contribution in [0.25, 0.3) is 22.3 Å². The Labute approximate surface area is 240 Å². The van der Waals surface area contributed by atoms with Gasteiger partial charge in [-0.1, -0.05) is 84.9 Å². The number of carbonyl (C=O) groups excluding carboxylic acids is 2. The lowest BCUT2D eigenvalue weighted by atomic mass is 10.0. The lowest BCUT2D eigenvalue weighted by Gasteiger charge is -2.18. The van der Waals surface area contributed by atoms with E-state index in [1.165, 1.54) is 0 Å². The number of hydrogen-bond donors (Lipinski definition) is 3. The smallest absolute Gasteiger partial charge is 0.303 e. The van der Waals surface area contributed by atoms with Crippen LogP contribution in [0.3, 0.4) is 0 Å². The molecule has 3 N–H and O–H groups in total. The number of rotatable bonds is 13. The van der Waals surface area contributed by atoms with E-state index < -0.39 is 23.8 Å². The molecule has 0 spiro atoms. The van der Waals surface area contributed by atoms with Crippen molar-refractivity contribution >= 4 is 17.8 Å². The molecule has 0 aliphatic carbocycles. The zero-order valence-electron chi connectivity index (χ0n) is 23.0. The molecule has 0 saturated carbocycles. The summed E-state index contributed by atoms with van der Waals surface area (Å²) in [7, 11) is 0. The second-order valence-corrected chi connectivity index (χ2v) is 9.57. The molecular formula is C34H34N2O5. The van der Waals surface area contributed by atoms with Crippen LogP contribution in [0.4, 0.5) is 0 Å². The molecule has 0 aromatic heterocycles. The van der Waals surface area contributed by atoms with E-state index in [0.29, 0.717) is 25.1 Å². The Bertz CT molecular complexity index is 1450. The summed E-state index contributed by atoms with van der Waals surface area (Å²) >= 11 is 0. The minimum atomic E-state index is -1.03. The Balaban J connectivity index is 1.34. The van der Waals surface area contributed by atoms with Crippen LogP contribution in [0.2, 0.25) is 0 Å². The van der Waals surface area contributed by atoms with Gasteiger partial charge in [-0.25, -0.2) is 0 Å². The average molecular weight is 551 g/mol. The minimum absolute atomic E-state index is 0.0110. The van der Waals surface area contributed by atoms with Gasteiger partial charge in [-0.3, -0.25) is 14.4 Å². The van der Waals surface area contributed by atoms with Crippen molar-refractivity contribution in [2.75, 3.05) is 13.2 Å². The zero-order valence-corrected chi connectivity index (χ0v) is 23.0. The summed E-state index contributed by atoms with van der Waals surface area (Å²) in [6.45, 7) is 2.89. The molecule has 7 heteroatoms. The second-order valence-electron chi connectivity index (χ2n) is 9.57. The van der Waals surface area contributed by atoms with Crippen molar-refractivity contribution in [2.45, 2.75) is 32.2 Å². The van der Waals surface area contributed by atoms with Gasteiger partial charge in [0.2, 0.25) is 5.91 Å². The fourth-order valence-corrected chi connectivity index (χ4v) is 4.51. The molecule has 0 aliphatic heterocycles. The molecule has 4 aromatic carbocycles. The minimum Gasteiger partial charge on any atom is -0.493 e. The highest BCUT2D eigenvalue weighted by molar-refractivity contribution is 5.98. The van der Waals surface area contributed by atoms with E-state index in [1.807, 2.05) is 97.9 Å². The Hall–Kier alpha value is -4.91. The van der Waals surface area contributed by atoms with E-state index in [0.717, 1.165) is 33.6 Å². The molecule has 2 amide bonds. The van der Waals surface area contributed by atoms with E-state index >= 15 is 0 Å². The van der Waals surface area contributed by atoms with Gasteiger partial charge in [-0.15, -0.1) is 0 Å². The molecule has 0 bridgehead atoms. The van der Waals surface area contributed by atoms with Gasteiger partial charge in [-0.2, -0.15) is 0 Å². The maximum Gasteiger partial charge on any atom is 0.303 e. The SMILES string of the molecule is CCOc1ccccc1-c1ccc(CCNC(=O)[C@H](CCC(=O)O)NC(=O)c2ccc(-c3ccccc3)cc2)cc1. The number of para-hydroxylation sites is 1. The Kier molecular flexibility index (Phi) is 10.3. The predicted molar refractivity (Wildman–Crippen MR) is 160 cm³/mol. The van der Waals surface area contributed by atoms with Crippen LogP contribution in [0.15, 0.2) is 103 Å². The van der Waals surface area contributed by atoms with E-state index in [1.54, 1.807) is 12.1 Å². The van der Waals surface area contributed by atoms with Crippen LogP contribution in [-0.4, -0.2) is 42.1 Å². The topological polar surface area (TPSA) is 105 Å². The van der Waals surface area contributed by atoms with E-state index in [9.17, 15) is 14.4 Å². The number of amides is 2. The average Bonchev–Trinajstić information content (AvgIpc) is 3.00. The second kappa shape index (κ2) is 14.5. The molecule has 1 atom stereocenters. The summed E-state index contributed by atoms with van der Waals surface area (Å²) in [5.41, 5.74) is 5.48. The molecule has 210 valence electrons. The summed E-state index contributed by atoms with van der Waals surface area (Å²) in [5.74, 6) is -1.05. The number of hydrogen-bond acceptors (Lipinski definition) is 4. The summed E-state index contributed by atoms with van der Waals surface area (Å²) in [4.78, 5) is 37.1. The molecule has 4 rings (SSSR count). The zero-order chi connectivity index (χ0) is 29.0. The number of nitrogens with one attached hydrogen (secondary N) is 2. The number of carboxylic acid groups (broad SMARTS) is 1. The third-order valence-corrected chi connectivity index (χ3v) is 6.69. The van der Waals surface area contributed by atoms with E-state index in [4.69, 9.17) is 9.84 Å². The van der Waals surface area contributed by atoms with Gasteiger partial charge in [0, 0.05) is 24.1 Å². The highest BCUT2D eigenvalue weighted by atomic mass is 16.5. The first-order valence-corrected chi connectivity index (χ1v) is 13.7. The third kappa shape index (κ3) is 8.29. The van der Waals surface area contributed by atoms with Gasteiger partial charge in [0.05, 0.1) is 6.61 Å². The fraction of sp³-hybridized carbons (Fsp3) is 0.206. The van der Waals surface area contributed by atoms with Gasteiger partial charge >= 0.3 is 5.97 Å². The number of benzene rings is 4. The molecule has 0 heterocycles. The number of aliphatic carboxylic acids is 1. The predicted octanol–water partition coefficient (Wildman–Crippen LogP) is 5.74. The van der Waals surface area contributed by atoms with Crippen molar-refractivity contribution in [1.82, 2.24) is 10.6 Å². The van der Waals surface area contributed by atoms with Gasteiger partial charge in [0.1, 0.15) is 11.8 Å². The highest BCUT2D eigenvalue weighted by Gasteiger charge is 2.22. The summed E-state index contributed by atoms with van der Waals surface area (Å²) in [6.07, 6.45) is 0.332. The maximum atomic E-state index is 13.0. The molecule has 7 nitrogen and oxygen atoms in total. The first-order chi connectivity index (χ1) is 19.9. The standard InChI is InChI=1S/C34H34N2O5/c1-2-41-31-11-7-6-10-29(31)27-14-12-24(13-15-27)22-23-35-34(40)30(20-21-32(37)38)36-33(39)28-18-16-26(17-19-28)25-8-4-3-5-9-25/h3-19,30H,2,20-23H2,1H3,(H,35,40)(H,36,39)(H,37,38)/t30-/m0/s1. The number of carboxylic acids is 1. The van der Waals surface area contributed by atoms with Crippen molar-refractivity contribution < 1.29 is 24.2 Å². The molecule has 4 aromatic rings. The molecule has 0 fully saturated rings. The summed E-state index contributed by atoms with van der Waals surface area (Å²) in [6, 6.07) is 31.8. The highest BCUT2D eigenvalue weighted by Crippen LogP contribution is 2.30. The van der Waals surface area contributed by atoms with Crippen molar-refractivity contribution in [1.29, 1.82) is 0 Å². The monoisotopic (exact) mass is 550 g/mol. The van der Waals surface area contributed by atoms with Crippen LogP contribution in [0.1, 0.15) is 35.7 Å². The number of ether oxygens (including phenoxy) is 1. The van der Waals surface area contributed by atoms with E-state index in [2.05, 4.69) is 10.6 Å². The van der Waals surface area contributed by atoms with Gasteiger partial charge in [0.15, 0.2) is 0 Å². The van der Waals surface area contributed by atoms with Crippen LogP contribution in [-0.2, 0) is 16.0 Å². The van der Waals surface area contributed by atoms with Crippen LogP contribution in [0.5, 0.6) is 5.75 Å². The summed E-state index contributed by atoms with van der Waals surface area (Å²) < 4.78 is 5.73. The molecule has 0 aliphatic rings. The lowest BCUT2D eigenvalue weighted by molar-refractivity contribution is -0.137. The van der Waals surface area contributed by atoms with Gasteiger partial charge in [0.25, 0.3) is 5.91 Å². The van der Waals surface area contributed by atoms with Crippen molar-refractivity contribution in [2.24, 2.45) is 0 Å². The Morgan fingerprint density at radius 2 is 1.41 bits per heavy atom. The van der Waals surface area contributed by atoms with Gasteiger partial charge in [-0.05, 0) is 60.2 Å². The molecule has 0 saturated heterocycles. The van der Waals surface area contributed by atoms with Crippen molar-refractivity contribution in [3.8, 4) is 28.0 Å². The van der Waals surface area contributed by atoms with Gasteiger partial charge < -0.3 is 20.5 Å². The van der Waals surface area contributed by atoms with E-state index in [-0.39, 0.29) is 12.8 Å². The van der Waals surface area contributed by atoms with Crippen LogP contribution in [0, 0.1) is 0 Å².